The number of nitrogens with one attached hydrogen (secondary N) is 2. The first kappa shape index (κ1) is 18.5. The minimum absolute atomic E-state index is 0.0638. The Kier molecular flexibility index (Phi) is 5.93. The molecule has 2 aromatic rings. The Labute approximate surface area is 158 Å². The monoisotopic (exact) mass is 372 g/mol. The second kappa shape index (κ2) is 8.36. The van der Waals surface area contributed by atoms with Gasteiger partial charge in [0.2, 0.25) is 0 Å². The molecular formula is C20H24N2O3S. The van der Waals surface area contributed by atoms with Crippen LogP contribution in [0.5, 0.6) is 11.5 Å². The number of anilines is 1. The van der Waals surface area contributed by atoms with Gasteiger partial charge in [-0.3, -0.25) is 0 Å². The maximum Gasteiger partial charge on any atom is 0.319 e. The highest BCUT2D eigenvalue weighted by molar-refractivity contribution is 7.98. The molecule has 0 saturated heterocycles. The molecular weight excluding hydrogens is 348 g/mol. The molecule has 0 aliphatic carbocycles. The minimum atomic E-state index is -0.237. The van der Waals surface area contributed by atoms with Gasteiger partial charge in [-0.05, 0) is 23.8 Å². The summed E-state index contributed by atoms with van der Waals surface area (Å²) in [5, 5.41) is 6.04. The number of amides is 2. The number of thioether (sulfide) groups is 1. The molecule has 0 aromatic heterocycles. The van der Waals surface area contributed by atoms with Crippen LogP contribution in [0.25, 0.3) is 0 Å². The summed E-state index contributed by atoms with van der Waals surface area (Å²) >= 11 is 1.55. The van der Waals surface area contributed by atoms with Crippen molar-refractivity contribution in [1.29, 1.82) is 0 Å². The van der Waals surface area contributed by atoms with Crippen LogP contribution in [-0.4, -0.2) is 25.5 Å². The van der Waals surface area contributed by atoms with E-state index in [9.17, 15) is 4.79 Å². The van der Waals surface area contributed by atoms with Crippen LogP contribution in [0.15, 0.2) is 47.4 Å². The Morgan fingerprint density at radius 2 is 1.73 bits per heavy atom. The normalized spacial score (nSPS) is 14.0. The molecule has 0 saturated carbocycles. The van der Waals surface area contributed by atoms with Gasteiger partial charge >= 0.3 is 6.03 Å². The Morgan fingerprint density at radius 1 is 1.08 bits per heavy atom. The van der Waals surface area contributed by atoms with Gasteiger partial charge in [-0.2, -0.15) is 0 Å². The number of hydrogen-bond acceptors (Lipinski definition) is 4. The Morgan fingerprint density at radius 3 is 2.35 bits per heavy atom. The number of carbonyl (C=O) groups is 1. The molecule has 0 bridgehead atoms. The van der Waals surface area contributed by atoms with Crippen molar-refractivity contribution in [3.05, 3.63) is 48.0 Å². The maximum absolute atomic E-state index is 12.6. The number of benzene rings is 2. The molecule has 138 valence electrons. The zero-order chi connectivity index (χ0) is 18.5. The maximum atomic E-state index is 12.6. The van der Waals surface area contributed by atoms with E-state index >= 15 is 0 Å². The first-order chi connectivity index (χ1) is 12.6. The molecule has 2 aromatic carbocycles. The lowest BCUT2D eigenvalue weighted by Crippen LogP contribution is -2.35. The van der Waals surface area contributed by atoms with Crippen LogP contribution in [0.3, 0.4) is 0 Å². The van der Waals surface area contributed by atoms with Crippen molar-refractivity contribution < 1.29 is 14.3 Å². The van der Waals surface area contributed by atoms with Crippen molar-refractivity contribution in [3.63, 3.8) is 0 Å². The van der Waals surface area contributed by atoms with Crippen molar-refractivity contribution in [2.24, 2.45) is 5.92 Å². The molecule has 1 aliphatic rings. The molecule has 1 unspecified atom stereocenters. The zero-order valence-corrected chi connectivity index (χ0v) is 16.1. The third-order valence-electron chi connectivity index (χ3n) is 4.22. The predicted molar refractivity (Wildman–Crippen MR) is 105 cm³/mol. The summed E-state index contributed by atoms with van der Waals surface area (Å²) < 4.78 is 11.2. The van der Waals surface area contributed by atoms with Gasteiger partial charge in [-0.15, -0.1) is 11.8 Å². The third-order valence-corrected chi connectivity index (χ3v) is 5.00. The molecule has 2 N–H and O–H groups in total. The van der Waals surface area contributed by atoms with E-state index in [4.69, 9.17) is 9.47 Å². The smallest absolute Gasteiger partial charge is 0.319 e. The lowest BCUT2D eigenvalue weighted by Gasteiger charge is -2.24. The van der Waals surface area contributed by atoms with E-state index in [1.165, 1.54) is 0 Å². The fourth-order valence-corrected chi connectivity index (χ4v) is 3.49. The summed E-state index contributed by atoms with van der Waals surface area (Å²) in [6.07, 6.45) is 1.97. The zero-order valence-electron chi connectivity index (χ0n) is 15.2. The van der Waals surface area contributed by atoms with Crippen molar-refractivity contribution in [2.45, 2.75) is 24.8 Å². The molecule has 1 atom stereocenters. The fourth-order valence-electron chi connectivity index (χ4n) is 2.93. The lowest BCUT2D eigenvalue weighted by atomic mass is 9.96. The van der Waals surface area contributed by atoms with Gasteiger partial charge in [0.25, 0.3) is 0 Å². The summed E-state index contributed by atoms with van der Waals surface area (Å²) in [5.74, 6) is 1.65. The van der Waals surface area contributed by atoms with Crippen LogP contribution >= 0.6 is 11.8 Å². The van der Waals surface area contributed by atoms with Crippen LogP contribution in [0.2, 0.25) is 0 Å². The van der Waals surface area contributed by atoms with Gasteiger partial charge in [-0.1, -0.05) is 44.2 Å². The molecule has 26 heavy (non-hydrogen) atoms. The second-order valence-electron chi connectivity index (χ2n) is 6.43. The van der Waals surface area contributed by atoms with Crippen LogP contribution in [0.4, 0.5) is 10.5 Å². The molecule has 0 fully saturated rings. The number of hydrogen-bond donors (Lipinski definition) is 2. The molecule has 0 radical (unpaired) electrons. The van der Waals surface area contributed by atoms with Crippen molar-refractivity contribution in [2.75, 3.05) is 24.8 Å². The van der Waals surface area contributed by atoms with E-state index in [2.05, 4.69) is 24.5 Å². The van der Waals surface area contributed by atoms with Gasteiger partial charge in [0, 0.05) is 11.0 Å². The predicted octanol–water partition coefficient (Wildman–Crippen LogP) is 4.70. The lowest BCUT2D eigenvalue weighted by molar-refractivity contribution is 0.171. The minimum Gasteiger partial charge on any atom is -0.486 e. The van der Waals surface area contributed by atoms with Gasteiger partial charge < -0.3 is 20.1 Å². The van der Waals surface area contributed by atoms with Crippen molar-refractivity contribution >= 4 is 23.5 Å². The highest BCUT2D eigenvalue weighted by atomic mass is 32.2. The van der Waals surface area contributed by atoms with Gasteiger partial charge in [0.15, 0.2) is 11.5 Å². The third kappa shape index (κ3) is 4.25. The Balaban J connectivity index is 1.76. The molecule has 1 heterocycles. The van der Waals surface area contributed by atoms with E-state index in [0.29, 0.717) is 19.0 Å². The summed E-state index contributed by atoms with van der Waals surface area (Å²) in [7, 11) is 0. The van der Waals surface area contributed by atoms with Gasteiger partial charge in [0.1, 0.15) is 13.2 Å². The summed E-state index contributed by atoms with van der Waals surface area (Å²) in [6.45, 7) is 5.24. The number of urea groups is 1. The summed E-state index contributed by atoms with van der Waals surface area (Å²) in [5.41, 5.74) is 1.81. The molecule has 0 spiro atoms. The largest absolute Gasteiger partial charge is 0.486 e. The van der Waals surface area contributed by atoms with Crippen LogP contribution in [0.1, 0.15) is 25.5 Å². The second-order valence-corrected chi connectivity index (χ2v) is 7.28. The number of rotatable bonds is 5. The Hall–Kier alpha value is -2.34. The highest BCUT2D eigenvalue weighted by Gasteiger charge is 2.20. The van der Waals surface area contributed by atoms with E-state index in [-0.39, 0.29) is 18.0 Å². The summed E-state index contributed by atoms with van der Waals surface area (Å²) in [6, 6.07) is 13.4. The Bertz CT molecular complexity index is 765. The quantitative estimate of drug-likeness (QED) is 0.747. The van der Waals surface area contributed by atoms with Gasteiger partial charge in [-0.25, -0.2) is 4.79 Å². The van der Waals surface area contributed by atoms with E-state index in [1.54, 1.807) is 11.8 Å². The van der Waals surface area contributed by atoms with E-state index < -0.39 is 0 Å². The summed E-state index contributed by atoms with van der Waals surface area (Å²) in [4.78, 5) is 13.6. The topological polar surface area (TPSA) is 59.6 Å². The number of ether oxygens (including phenoxy) is 2. The SMILES string of the molecule is CSc1cc2c(cc1NC(=O)NC(c1ccccc1)C(C)C)OCCO2. The number of fused-ring (bicyclic) bond motifs is 1. The first-order valence-electron chi connectivity index (χ1n) is 8.68. The standard InChI is InChI=1S/C20H24N2O3S/c1-13(2)19(14-7-5-4-6-8-14)22-20(23)21-15-11-16-17(12-18(15)26-3)25-10-9-24-16/h4-8,11-13,19H,9-10H2,1-3H3,(H2,21,22,23). The fraction of sp³-hybridized carbons (Fsp3) is 0.350. The molecule has 2 amide bonds. The van der Waals surface area contributed by atoms with Crippen molar-refractivity contribution in [3.8, 4) is 11.5 Å². The average molecular weight is 372 g/mol. The van der Waals surface area contributed by atoms with E-state index in [0.717, 1.165) is 21.9 Å². The van der Waals surface area contributed by atoms with Crippen LogP contribution in [-0.2, 0) is 0 Å². The molecule has 5 nitrogen and oxygen atoms in total. The molecule has 3 rings (SSSR count). The average Bonchev–Trinajstić information content (AvgIpc) is 2.66. The van der Waals surface area contributed by atoms with E-state index in [1.807, 2.05) is 48.7 Å². The molecule has 1 aliphatic heterocycles. The van der Waals surface area contributed by atoms with Gasteiger partial charge in [0.05, 0.1) is 11.7 Å². The highest BCUT2D eigenvalue weighted by Crippen LogP contribution is 2.39. The van der Waals surface area contributed by atoms with Crippen molar-refractivity contribution in [1.82, 2.24) is 5.32 Å². The van der Waals surface area contributed by atoms with Crippen LogP contribution in [0, 0.1) is 5.92 Å². The van der Waals surface area contributed by atoms with Crippen LogP contribution < -0.4 is 20.1 Å². The first-order valence-corrected chi connectivity index (χ1v) is 9.91. The molecule has 6 heteroatoms. The number of carbonyl (C=O) groups excluding carboxylic acids is 1.